The number of thioether (sulfide) groups is 1. The largest absolute Gasteiger partial charge is 0.367 e. The lowest BCUT2D eigenvalue weighted by Crippen LogP contribution is -2.53. The van der Waals surface area contributed by atoms with Crippen LogP contribution in [0.5, 0.6) is 0 Å². The minimum Gasteiger partial charge on any atom is -0.367 e. The lowest BCUT2D eigenvalue weighted by molar-refractivity contribution is -0.117. The summed E-state index contributed by atoms with van der Waals surface area (Å²) in [5.74, 6) is 2.08. The molecule has 34 heavy (non-hydrogen) atoms. The second-order valence-electron chi connectivity index (χ2n) is 8.78. The first kappa shape index (κ1) is 22.9. The van der Waals surface area contributed by atoms with Crippen molar-refractivity contribution in [2.75, 3.05) is 65.9 Å². The number of nitrogens with one attached hydrogen (secondary N) is 2. The fourth-order valence-corrected chi connectivity index (χ4v) is 5.82. The van der Waals surface area contributed by atoms with Crippen molar-refractivity contribution in [2.45, 2.75) is 19.5 Å². The summed E-state index contributed by atoms with van der Waals surface area (Å²) in [5, 5.41) is 5.73. The van der Waals surface area contributed by atoms with Gasteiger partial charge in [-0.2, -0.15) is 11.8 Å². The number of anilines is 3. The van der Waals surface area contributed by atoms with Gasteiger partial charge in [-0.3, -0.25) is 14.5 Å². The number of piperazine rings is 1. The van der Waals surface area contributed by atoms with Gasteiger partial charge in [-0.25, -0.2) is 9.37 Å². The Kier molecular flexibility index (Phi) is 6.60. The summed E-state index contributed by atoms with van der Waals surface area (Å²) < 4.78 is 14.7. The fourth-order valence-electron chi connectivity index (χ4n) is 4.77. The van der Waals surface area contributed by atoms with Crippen LogP contribution in [-0.4, -0.2) is 78.5 Å². The minimum atomic E-state index is -0.374. The smallest absolute Gasteiger partial charge is 0.251 e. The molecular weight excluding hydrogens is 455 g/mol. The van der Waals surface area contributed by atoms with Gasteiger partial charge in [0.2, 0.25) is 5.91 Å². The molecule has 10 heteroatoms. The van der Waals surface area contributed by atoms with Crippen LogP contribution < -0.4 is 20.4 Å². The van der Waals surface area contributed by atoms with Crippen LogP contribution in [0.1, 0.15) is 22.8 Å². The normalized spacial score (nSPS) is 20.4. The van der Waals surface area contributed by atoms with E-state index in [0.29, 0.717) is 30.9 Å². The zero-order valence-corrected chi connectivity index (χ0v) is 20.0. The third-order valence-corrected chi connectivity index (χ3v) is 7.57. The molecule has 2 saturated heterocycles. The van der Waals surface area contributed by atoms with E-state index in [2.05, 4.69) is 20.4 Å². The number of amides is 2. The lowest BCUT2D eigenvalue weighted by Gasteiger charge is -2.40. The summed E-state index contributed by atoms with van der Waals surface area (Å²) in [6.07, 6.45) is 1.90. The third-order valence-electron chi connectivity index (χ3n) is 6.55. The standard InChI is InChI=1S/C24H29FN6O2S/c1-2-26-23(32)17-3-4-20(18(25)12-17)30-7-5-29(6-8-30)14-16-11-19-22(27-13-16)31-9-10-34-15-21(31)24(33)28-19/h3-4,11-13,21H,2,5-10,14-15H2,1H3,(H,26,32)(H,28,33). The highest BCUT2D eigenvalue weighted by Gasteiger charge is 2.36. The molecule has 3 aliphatic rings. The maximum atomic E-state index is 14.7. The number of rotatable bonds is 5. The molecular formula is C24H29FN6O2S. The number of fused-ring (bicyclic) bond motifs is 3. The number of hydrogen-bond donors (Lipinski definition) is 2. The molecule has 0 radical (unpaired) electrons. The van der Waals surface area contributed by atoms with Crippen LogP contribution in [-0.2, 0) is 11.3 Å². The van der Waals surface area contributed by atoms with Gasteiger partial charge < -0.3 is 20.4 Å². The van der Waals surface area contributed by atoms with Crippen molar-refractivity contribution in [1.82, 2.24) is 15.2 Å². The lowest BCUT2D eigenvalue weighted by atomic mass is 10.1. The van der Waals surface area contributed by atoms with Crippen LogP contribution in [0.2, 0.25) is 0 Å². The minimum absolute atomic E-state index is 0.0486. The Morgan fingerprint density at radius 2 is 2.06 bits per heavy atom. The average molecular weight is 485 g/mol. The van der Waals surface area contributed by atoms with E-state index in [0.717, 1.165) is 54.8 Å². The Balaban J connectivity index is 1.21. The van der Waals surface area contributed by atoms with E-state index in [1.54, 1.807) is 23.9 Å². The van der Waals surface area contributed by atoms with Crippen molar-refractivity contribution < 1.29 is 14.0 Å². The van der Waals surface area contributed by atoms with Crippen LogP contribution in [0.3, 0.4) is 0 Å². The Hall–Kier alpha value is -2.85. The van der Waals surface area contributed by atoms with Crippen molar-refractivity contribution >= 4 is 40.8 Å². The second-order valence-corrected chi connectivity index (χ2v) is 9.93. The van der Waals surface area contributed by atoms with Gasteiger partial charge in [0.1, 0.15) is 11.9 Å². The van der Waals surface area contributed by atoms with E-state index >= 15 is 0 Å². The van der Waals surface area contributed by atoms with E-state index in [4.69, 9.17) is 4.98 Å². The Labute approximate surface area is 202 Å². The molecule has 0 aliphatic carbocycles. The predicted octanol–water partition coefficient (Wildman–Crippen LogP) is 2.17. The van der Waals surface area contributed by atoms with Gasteiger partial charge in [-0.15, -0.1) is 0 Å². The monoisotopic (exact) mass is 484 g/mol. The van der Waals surface area contributed by atoms with Crippen LogP contribution in [0, 0.1) is 5.82 Å². The van der Waals surface area contributed by atoms with Gasteiger partial charge in [0, 0.05) is 69.1 Å². The van der Waals surface area contributed by atoms with Crippen LogP contribution in [0.25, 0.3) is 0 Å². The Morgan fingerprint density at radius 1 is 1.24 bits per heavy atom. The molecule has 0 spiro atoms. The third kappa shape index (κ3) is 4.56. The number of hydrogen-bond acceptors (Lipinski definition) is 7. The molecule has 3 aliphatic heterocycles. The molecule has 4 heterocycles. The van der Waals surface area contributed by atoms with Crippen molar-refractivity contribution in [3.05, 3.63) is 47.4 Å². The first-order valence-corrected chi connectivity index (χ1v) is 12.9. The number of carbonyl (C=O) groups is 2. The molecule has 1 aromatic heterocycles. The van der Waals surface area contributed by atoms with E-state index < -0.39 is 0 Å². The van der Waals surface area contributed by atoms with Crippen molar-refractivity contribution in [2.24, 2.45) is 0 Å². The second kappa shape index (κ2) is 9.79. The molecule has 1 atom stereocenters. The molecule has 180 valence electrons. The Morgan fingerprint density at radius 3 is 2.82 bits per heavy atom. The van der Waals surface area contributed by atoms with Crippen LogP contribution in [0.4, 0.5) is 21.6 Å². The molecule has 1 unspecified atom stereocenters. The Bertz CT molecular complexity index is 1090. The molecule has 2 aromatic rings. The average Bonchev–Trinajstić information content (AvgIpc) is 2.85. The highest BCUT2D eigenvalue weighted by Crippen LogP contribution is 2.34. The van der Waals surface area contributed by atoms with Crippen molar-refractivity contribution in [3.8, 4) is 0 Å². The maximum Gasteiger partial charge on any atom is 0.251 e. The molecule has 1 aromatic carbocycles. The van der Waals surface area contributed by atoms with Gasteiger partial charge in [-0.05, 0) is 36.8 Å². The molecule has 2 N–H and O–H groups in total. The summed E-state index contributed by atoms with van der Waals surface area (Å²) in [5.41, 5.74) is 2.71. The summed E-state index contributed by atoms with van der Waals surface area (Å²) in [6, 6.07) is 6.58. The SMILES string of the molecule is CCNC(=O)c1ccc(N2CCN(Cc3cnc4c(c3)NC(=O)C3CSCCN43)CC2)c(F)c1. The summed E-state index contributed by atoms with van der Waals surface area (Å²) >= 11 is 1.81. The topological polar surface area (TPSA) is 80.8 Å². The first-order valence-electron chi connectivity index (χ1n) is 11.7. The molecule has 2 fully saturated rings. The number of carbonyl (C=O) groups excluding carboxylic acids is 2. The van der Waals surface area contributed by atoms with Crippen LogP contribution >= 0.6 is 11.8 Å². The maximum absolute atomic E-state index is 14.7. The number of nitrogens with zero attached hydrogens (tertiary/aromatic N) is 4. The van der Waals surface area contributed by atoms with E-state index in [1.165, 1.54) is 6.07 Å². The molecule has 2 amide bonds. The van der Waals surface area contributed by atoms with E-state index in [1.807, 2.05) is 24.1 Å². The zero-order chi connectivity index (χ0) is 23.7. The van der Waals surface area contributed by atoms with Gasteiger partial charge in [0.15, 0.2) is 5.82 Å². The number of halogens is 1. The highest BCUT2D eigenvalue weighted by molar-refractivity contribution is 7.99. The van der Waals surface area contributed by atoms with E-state index in [-0.39, 0.29) is 23.7 Å². The number of pyridine rings is 1. The van der Waals surface area contributed by atoms with Crippen molar-refractivity contribution in [3.63, 3.8) is 0 Å². The predicted molar refractivity (Wildman–Crippen MR) is 133 cm³/mol. The summed E-state index contributed by atoms with van der Waals surface area (Å²) in [7, 11) is 0. The van der Waals surface area contributed by atoms with Gasteiger partial charge >= 0.3 is 0 Å². The molecule has 0 saturated carbocycles. The van der Waals surface area contributed by atoms with Gasteiger partial charge in [-0.1, -0.05) is 0 Å². The van der Waals surface area contributed by atoms with Crippen LogP contribution in [0.15, 0.2) is 30.5 Å². The number of benzene rings is 1. The number of aromatic nitrogens is 1. The fraction of sp³-hybridized carbons (Fsp3) is 0.458. The summed E-state index contributed by atoms with van der Waals surface area (Å²) in [4.78, 5) is 35.6. The molecule has 5 rings (SSSR count). The zero-order valence-electron chi connectivity index (χ0n) is 19.2. The summed E-state index contributed by atoms with van der Waals surface area (Å²) in [6.45, 7) is 6.86. The van der Waals surface area contributed by atoms with Gasteiger partial charge in [0.05, 0.1) is 11.4 Å². The quantitative estimate of drug-likeness (QED) is 0.673. The molecule has 0 bridgehead atoms. The van der Waals surface area contributed by atoms with Crippen molar-refractivity contribution in [1.29, 1.82) is 0 Å². The highest BCUT2D eigenvalue weighted by atomic mass is 32.2. The molecule has 8 nitrogen and oxygen atoms in total. The van der Waals surface area contributed by atoms with Gasteiger partial charge in [0.25, 0.3) is 5.91 Å². The first-order chi connectivity index (χ1) is 16.5. The van der Waals surface area contributed by atoms with E-state index in [9.17, 15) is 14.0 Å².